The zero-order valence-corrected chi connectivity index (χ0v) is 26.3. The third-order valence-corrected chi connectivity index (χ3v) is 9.69. The fourth-order valence-corrected chi connectivity index (χ4v) is 6.92. The lowest BCUT2D eigenvalue weighted by atomic mass is 9.95. The Kier molecular flexibility index (Phi) is 11.5. The van der Waals surface area contributed by atoms with Crippen molar-refractivity contribution in [3.8, 4) is 5.75 Å². The first-order valence-corrected chi connectivity index (χ1v) is 16.7. The van der Waals surface area contributed by atoms with E-state index in [0.29, 0.717) is 29.5 Å². The average Bonchev–Trinajstić information content (AvgIpc) is 3.02. The molecular formula is C33H40ClN3O5S. The van der Waals surface area contributed by atoms with Gasteiger partial charge in [0.2, 0.25) is 11.8 Å². The van der Waals surface area contributed by atoms with Gasteiger partial charge < -0.3 is 15.0 Å². The highest BCUT2D eigenvalue weighted by molar-refractivity contribution is 7.92. The Balaban J connectivity index is 1.67. The van der Waals surface area contributed by atoms with E-state index in [4.69, 9.17) is 16.3 Å². The molecule has 2 amide bonds. The van der Waals surface area contributed by atoms with E-state index in [0.717, 1.165) is 42.0 Å². The van der Waals surface area contributed by atoms with Gasteiger partial charge in [0.15, 0.2) is 0 Å². The van der Waals surface area contributed by atoms with Crippen molar-refractivity contribution in [3.05, 3.63) is 89.4 Å². The first-order valence-electron chi connectivity index (χ1n) is 14.9. The van der Waals surface area contributed by atoms with Crippen LogP contribution in [0.15, 0.2) is 83.8 Å². The molecular weight excluding hydrogens is 586 g/mol. The van der Waals surface area contributed by atoms with E-state index in [2.05, 4.69) is 5.32 Å². The summed E-state index contributed by atoms with van der Waals surface area (Å²) in [5, 5.41) is 3.72. The summed E-state index contributed by atoms with van der Waals surface area (Å²) in [6, 6.07) is 21.0. The number of hydrogen-bond acceptors (Lipinski definition) is 5. The molecule has 230 valence electrons. The molecule has 43 heavy (non-hydrogen) atoms. The number of halogens is 1. The van der Waals surface area contributed by atoms with Gasteiger partial charge in [0.25, 0.3) is 10.0 Å². The fourth-order valence-electron chi connectivity index (χ4n) is 5.38. The zero-order chi connectivity index (χ0) is 30.8. The molecule has 0 spiro atoms. The number of nitrogens with one attached hydrogen (secondary N) is 1. The predicted molar refractivity (Wildman–Crippen MR) is 170 cm³/mol. The van der Waals surface area contributed by atoms with Crippen LogP contribution in [0.5, 0.6) is 5.75 Å². The summed E-state index contributed by atoms with van der Waals surface area (Å²) >= 11 is 6.11. The van der Waals surface area contributed by atoms with Crippen LogP contribution in [0.1, 0.15) is 57.9 Å². The summed E-state index contributed by atoms with van der Waals surface area (Å²) in [6.45, 7) is 3.80. The molecule has 1 atom stereocenters. The van der Waals surface area contributed by atoms with Crippen LogP contribution in [-0.4, -0.2) is 50.4 Å². The molecule has 1 N–H and O–H groups in total. The number of amides is 2. The van der Waals surface area contributed by atoms with E-state index in [1.807, 2.05) is 13.8 Å². The highest BCUT2D eigenvalue weighted by Crippen LogP contribution is 2.26. The van der Waals surface area contributed by atoms with Crippen LogP contribution in [0.25, 0.3) is 0 Å². The molecule has 10 heteroatoms. The van der Waals surface area contributed by atoms with Crippen LogP contribution in [0.4, 0.5) is 5.69 Å². The van der Waals surface area contributed by atoms with E-state index in [9.17, 15) is 18.0 Å². The number of sulfonamides is 1. The van der Waals surface area contributed by atoms with Crippen molar-refractivity contribution in [2.24, 2.45) is 0 Å². The van der Waals surface area contributed by atoms with Crippen molar-refractivity contribution in [2.75, 3.05) is 17.5 Å². The van der Waals surface area contributed by atoms with Gasteiger partial charge in [-0.25, -0.2) is 8.42 Å². The van der Waals surface area contributed by atoms with Crippen molar-refractivity contribution >= 4 is 39.1 Å². The smallest absolute Gasteiger partial charge is 0.264 e. The highest BCUT2D eigenvalue weighted by atomic mass is 35.5. The van der Waals surface area contributed by atoms with Crippen LogP contribution in [-0.2, 0) is 26.2 Å². The minimum atomic E-state index is -4.16. The number of rotatable bonds is 13. The number of ether oxygens (including phenoxy) is 1. The SMILES string of the molecule is CCOc1ccc(S(=O)(=O)N(CC(=O)N(Cc2ccc(Cl)cc2)C(CC)C(=O)NC2CCCCC2)c2ccccc2)cc1. The first kappa shape index (κ1) is 32.4. The number of para-hydroxylation sites is 1. The largest absolute Gasteiger partial charge is 0.494 e. The average molecular weight is 626 g/mol. The van der Waals surface area contributed by atoms with Crippen LogP contribution < -0.4 is 14.4 Å². The lowest BCUT2D eigenvalue weighted by Crippen LogP contribution is -2.54. The second-order valence-electron chi connectivity index (χ2n) is 10.7. The van der Waals surface area contributed by atoms with E-state index < -0.39 is 28.5 Å². The third-order valence-electron chi connectivity index (χ3n) is 7.65. The maximum Gasteiger partial charge on any atom is 0.264 e. The molecule has 1 aliphatic rings. The maximum atomic E-state index is 14.2. The molecule has 0 heterocycles. The standard InChI is InChI=1S/C33H40ClN3O5S/c1-3-31(33(39)35-27-11-7-5-8-12-27)36(23-25-15-17-26(34)18-16-25)32(38)24-37(28-13-9-6-10-14-28)43(40,41)30-21-19-29(20-22-30)42-4-2/h6,9-10,13-22,27,31H,3-5,7-8,11-12,23-24H2,1-2H3,(H,35,39). The normalized spacial score (nSPS) is 14.5. The van der Waals surface area contributed by atoms with Crippen molar-refractivity contribution in [1.29, 1.82) is 0 Å². The quantitative estimate of drug-likeness (QED) is 0.244. The molecule has 0 bridgehead atoms. The van der Waals surface area contributed by atoms with E-state index in [-0.39, 0.29) is 23.4 Å². The van der Waals surface area contributed by atoms with Gasteiger partial charge in [-0.15, -0.1) is 0 Å². The molecule has 8 nitrogen and oxygen atoms in total. The predicted octanol–water partition coefficient (Wildman–Crippen LogP) is 6.19. The monoisotopic (exact) mass is 625 g/mol. The Labute approximate surface area is 260 Å². The van der Waals surface area contributed by atoms with Gasteiger partial charge in [-0.2, -0.15) is 0 Å². The van der Waals surface area contributed by atoms with Crippen molar-refractivity contribution in [2.45, 2.75) is 75.9 Å². The molecule has 0 aromatic heterocycles. The van der Waals surface area contributed by atoms with Crippen LogP contribution in [0.3, 0.4) is 0 Å². The summed E-state index contributed by atoms with van der Waals surface area (Å²) in [5.41, 5.74) is 1.12. The third kappa shape index (κ3) is 8.51. The van der Waals surface area contributed by atoms with Gasteiger partial charge in [0.1, 0.15) is 18.3 Å². The van der Waals surface area contributed by atoms with E-state index >= 15 is 0 Å². The molecule has 3 aromatic rings. The Hall–Kier alpha value is -3.56. The van der Waals surface area contributed by atoms with Crippen molar-refractivity contribution in [1.82, 2.24) is 10.2 Å². The van der Waals surface area contributed by atoms with E-state index in [1.165, 1.54) is 17.0 Å². The zero-order valence-electron chi connectivity index (χ0n) is 24.7. The molecule has 1 aliphatic carbocycles. The second-order valence-corrected chi connectivity index (χ2v) is 13.0. The van der Waals surface area contributed by atoms with Gasteiger partial charge in [-0.3, -0.25) is 13.9 Å². The molecule has 0 aliphatic heterocycles. The number of benzene rings is 3. The number of nitrogens with zero attached hydrogens (tertiary/aromatic N) is 2. The Morgan fingerprint density at radius 3 is 2.19 bits per heavy atom. The van der Waals surface area contributed by atoms with Gasteiger partial charge in [-0.1, -0.05) is 68.1 Å². The summed E-state index contributed by atoms with van der Waals surface area (Å²) < 4.78 is 34.6. The molecule has 1 saturated carbocycles. The van der Waals surface area contributed by atoms with Crippen molar-refractivity contribution < 1.29 is 22.7 Å². The first-order chi connectivity index (χ1) is 20.7. The van der Waals surface area contributed by atoms with Crippen LogP contribution in [0.2, 0.25) is 5.02 Å². The van der Waals surface area contributed by atoms with Gasteiger partial charge in [0.05, 0.1) is 17.2 Å². The van der Waals surface area contributed by atoms with Crippen LogP contribution in [0, 0.1) is 0 Å². The summed E-state index contributed by atoms with van der Waals surface area (Å²) in [4.78, 5) is 29.3. The maximum absolute atomic E-state index is 14.2. The Bertz CT molecular complexity index is 1440. The minimum Gasteiger partial charge on any atom is -0.494 e. The number of hydrogen-bond donors (Lipinski definition) is 1. The lowest BCUT2D eigenvalue weighted by molar-refractivity contribution is -0.140. The Morgan fingerprint density at radius 1 is 0.930 bits per heavy atom. The second kappa shape index (κ2) is 15.3. The summed E-state index contributed by atoms with van der Waals surface area (Å²) in [7, 11) is -4.16. The molecule has 0 radical (unpaired) electrons. The number of carbonyl (C=O) groups excluding carboxylic acids is 2. The lowest BCUT2D eigenvalue weighted by Gasteiger charge is -2.34. The van der Waals surface area contributed by atoms with Gasteiger partial charge >= 0.3 is 0 Å². The molecule has 0 saturated heterocycles. The minimum absolute atomic E-state index is 0.0268. The molecule has 4 rings (SSSR count). The molecule has 1 fully saturated rings. The molecule has 1 unspecified atom stereocenters. The number of carbonyl (C=O) groups is 2. The molecule has 3 aromatic carbocycles. The summed E-state index contributed by atoms with van der Waals surface area (Å²) in [5.74, 6) is -0.163. The topological polar surface area (TPSA) is 96.0 Å². The Morgan fingerprint density at radius 2 is 1.58 bits per heavy atom. The van der Waals surface area contributed by atoms with Crippen molar-refractivity contribution in [3.63, 3.8) is 0 Å². The van der Waals surface area contributed by atoms with E-state index in [1.54, 1.807) is 66.7 Å². The van der Waals surface area contributed by atoms with Gasteiger partial charge in [0, 0.05) is 17.6 Å². The van der Waals surface area contributed by atoms with Crippen LogP contribution >= 0.6 is 11.6 Å². The number of anilines is 1. The fraction of sp³-hybridized carbons (Fsp3) is 0.394. The summed E-state index contributed by atoms with van der Waals surface area (Å²) in [6.07, 6.45) is 5.47. The van der Waals surface area contributed by atoms with Gasteiger partial charge in [-0.05, 0) is 80.3 Å². The highest BCUT2D eigenvalue weighted by Gasteiger charge is 2.34.